The smallest absolute Gasteiger partial charge is 0.257 e. The van der Waals surface area contributed by atoms with Gasteiger partial charge >= 0.3 is 0 Å². The molecule has 158 valence electrons. The van der Waals surface area contributed by atoms with Crippen molar-refractivity contribution >= 4 is 50.8 Å². The minimum atomic E-state index is -0.309. The number of nitrogens with zero attached hydrogens (tertiary/aromatic N) is 1. The van der Waals surface area contributed by atoms with E-state index in [1.54, 1.807) is 24.3 Å². The maximum absolute atomic E-state index is 13.1. The number of anilines is 1. The fourth-order valence-corrected chi connectivity index (χ4v) is 4.25. The Bertz CT molecular complexity index is 957. The maximum atomic E-state index is 13.1. The number of carbonyl (C=O) groups excluding carboxylic acids is 2. The molecule has 2 N–H and O–H groups in total. The molecule has 1 saturated carbocycles. The topological polar surface area (TPSA) is 61.4 Å². The number of rotatable bonds is 4. The molecule has 7 heteroatoms. The van der Waals surface area contributed by atoms with Crippen LogP contribution >= 0.6 is 28.1 Å². The monoisotopic (exact) mass is 487 g/mol. The first-order valence-electron chi connectivity index (χ1n) is 10.1. The summed E-state index contributed by atoms with van der Waals surface area (Å²) in [6.07, 6.45) is 5.64. The van der Waals surface area contributed by atoms with Crippen LogP contribution in [0.2, 0.25) is 0 Å². The molecule has 0 radical (unpaired) electrons. The summed E-state index contributed by atoms with van der Waals surface area (Å²) in [6, 6.07) is 12.9. The molecule has 0 aliphatic heterocycles. The van der Waals surface area contributed by atoms with E-state index in [1.165, 1.54) is 6.42 Å². The van der Waals surface area contributed by atoms with Crippen molar-refractivity contribution in [3.05, 3.63) is 63.6 Å². The molecule has 2 aromatic rings. The fourth-order valence-electron chi connectivity index (χ4n) is 3.67. The van der Waals surface area contributed by atoms with Gasteiger partial charge in [0.1, 0.15) is 0 Å². The van der Waals surface area contributed by atoms with Crippen molar-refractivity contribution in [1.29, 1.82) is 0 Å². The van der Waals surface area contributed by atoms with Crippen molar-refractivity contribution in [3.63, 3.8) is 0 Å². The van der Waals surface area contributed by atoms with Crippen molar-refractivity contribution in [1.82, 2.24) is 10.2 Å². The number of amides is 2. The Morgan fingerprint density at radius 1 is 1.10 bits per heavy atom. The second kappa shape index (κ2) is 10.2. The van der Waals surface area contributed by atoms with E-state index in [-0.39, 0.29) is 23.0 Å². The molecule has 5 nitrogen and oxygen atoms in total. The van der Waals surface area contributed by atoms with Gasteiger partial charge in [0, 0.05) is 23.1 Å². The molecule has 0 aromatic heterocycles. The van der Waals surface area contributed by atoms with E-state index in [4.69, 9.17) is 12.2 Å². The fraction of sp³-hybridized carbons (Fsp3) is 0.348. The number of benzene rings is 2. The highest BCUT2D eigenvalue weighted by Gasteiger charge is 2.24. The molecule has 2 amide bonds. The van der Waals surface area contributed by atoms with Gasteiger partial charge < -0.3 is 10.2 Å². The average Bonchev–Trinajstić information content (AvgIpc) is 2.75. The van der Waals surface area contributed by atoms with E-state index in [0.29, 0.717) is 16.8 Å². The number of para-hydroxylation sites is 1. The largest absolute Gasteiger partial charge is 0.339 e. The zero-order chi connectivity index (χ0) is 21.7. The Kier molecular flexibility index (Phi) is 7.61. The van der Waals surface area contributed by atoms with Gasteiger partial charge in [-0.05, 0) is 61.8 Å². The Balaban J connectivity index is 1.69. The molecule has 0 unspecified atom stereocenters. The summed E-state index contributed by atoms with van der Waals surface area (Å²) in [5, 5.41) is 5.85. The second-order valence-corrected chi connectivity index (χ2v) is 8.89. The van der Waals surface area contributed by atoms with E-state index in [2.05, 4.69) is 26.6 Å². The van der Waals surface area contributed by atoms with Crippen molar-refractivity contribution in [3.8, 4) is 0 Å². The van der Waals surface area contributed by atoms with Crippen molar-refractivity contribution < 1.29 is 9.59 Å². The van der Waals surface area contributed by atoms with Crippen LogP contribution in [0.3, 0.4) is 0 Å². The van der Waals surface area contributed by atoms with Crippen LogP contribution in [0.5, 0.6) is 0 Å². The number of thiocarbonyl (C=S) groups is 1. The van der Waals surface area contributed by atoms with Crippen molar-refractivity contribution in [2.24, 2.45) is 0 Å². The molecule has 30 heavy (non-hydrogen) atoms. The summed E-state index contributed by atoms with van der Waals surface area (Å²) in [5.74, 6) is -0.349. The lowest BCUT2D eigenvalue weighted by molar-refractivity contribution is 0.0697. The lowest BCUT2D eigenvalue weighted by atomic mass is 9.94. The van der Waals surface area contributed by atoms with Gasteiger partial charge in [-0.15, -0.1) is 0 Å². The highest BCUT2D eigenvalue weighted by Crippen LogP contribution is 2.25. The SMILES string of the molecule is Cc1ccc(C(=O)NC(=S)Nc2ccccc2C(=O)N(C)C2CCCCC2)cc1Br. The third kappa shape index (κ3) is 5.46. The Morgan fingerprint density at radius 2 is 1.80 bits per heavy atom. The maximum Gasteiger partial charge on any atom is 0.257 e. The van der Waals surface area contributed by atoms with Gasteiger partial charge in [-0.3, -0.25) is 14.9 Å². The van der Waals surface area contributed by atoms with Crippen molar-refractivity contribution in [2.45, 2.75) is 45.1 Å². The number of hydrogen-bond acceptors (Lipinski definition) is 3. The molecule has 1 aliphatic rings. The van der Waals surface area contributed by atoms with Gasteiger partial charge in [0.15, 0.2) is 5.11 Å². The molecule has 0 atom stereocenters. The third-order valence-corrected chi connectivity index (χ3v) is 6.57. The summed E-state index contributed by atoms with van der Waals surface area (Å²) in [5.41, 5.74) is 2.67. The van der Waals surface area contributed by atoms with Crippen LogP contribution in [0.15, 0.2) is 46.9 Å². The summed E-state index contributed by atoms with van der Waals surface area (Å²) in [6.45, 7) is 1.95. The normalized spacial score (nSPS) is 14.1. The second-order valence-electron chi connectivity index (χ2n) is 7.63. The van der Waals surface area contributed by atoms with E-state index in [0.717, 1.165) is 35.7 Å². The summed E-state index contributed by atoms with van der Waals surface area (Å²) >= 11 is 8.76. The number of carbonyl (C=O) groups is 2. The van der Waals surface area contributed by atoms with Gasteiger partial charge in [-0.2, -0.15) is 0 Å². The van der Waals surface area contributed by atoms with Crippen molar-refractivity contribution in [2.75, 3.05) is 12.4 Å². The Morgan fingerprint density at radius 3 is 2.50 bits per heavy atom. The Labute approximate surface area is 191 Å². The first kappa shape index (κ1) is 22.4. The van der Waals surface area contributed by atoms with Crippen LogP contribution < -0.4 is 10.6 Å². The van der Waals surface area contributed by atoms with Crippen LogP contribution in [0, 0.1) is 6.92 Å². The van der Waals surface area contributed by atoms with E-state index in [9.17, 15) is 9.59 Å². The molecule has 2 aromatic carbocycles. The van der Waals surface area contributed by atoms with Gasteiger partial charge in [0.2, 0.25) is 0 Å². The molecule has 1 aliphatic carbocycles. The standard InChI is InChI=1S/C23H26BrN3O2S/c1-15-12-13-16(14-19(15)24)21(28)26-23(30)25-20-11-7-6-10-18(20)22(29)27(2)17-8-4-3-5-9-17/h6-7,10-14,17H,3-5,8-9H2,1-2H3,(H2,25,26,28,30). The molecular weight excluding hydrogens is 462 g/mol. The predicted molar refractivity (Wildman–Crippen MR) is 128 cm³/mol. The van der Waals surface area contributed by atoms with Crippen LogP contribution in [0.4, 0.5) is 5.69 Å². The number of aryl methyl sites for hydroxylation is 1. The highest BCUT2D eigenvalue weighted by molar-refractivity contribution is 9.10. The first-order valence-corrected chi connectivity index (χ1v) is 11.3. The lowest BCUT2D eigenvalue weighted by Crippen LogP contribution is -2.39. The van der Waals surface area contributed by atoms with Crippen LogP contribution in [-0.2, 0) is 0 Å². The van der Waals surface area contributed by atoms with Crippen LogP contribution in [0.25, 0.3) is 0 Å². The summed E-state index contributed by atoms with van der Waals surface area (Å²) < 4.78 is 0.857. The number of nitrogens with one attached hydrogen (secondary N) is 2. The van der Waals surface area contributed by atoms with E-state index < -0.39 is 0 Å². The minimum absolute atomic E-state index is 0.0402. The van der Waals surface area contributed by atoms with Crippen LogP contribution in [-0.4, -0.2) is 34.9 Å². The minimum Gasteiger partial charge on any atom is -0.339 e. The van der Waals surface area contributed by atoms with Gasteiger partial charge in [0.05, 0.1) is 11.3 Å². The molecule has 0 spiro atoms. The first-order chi connectivity index (χ1) is 14.4. The molecule has 0 heterocycles. The number of halogens is 1. The number of hydrogen-bond donors (Lipinski definition) is 2. The van der Waals surface area contributed by atoms with E-state index in [1.807, 2.05) is 37.1 Å². The molecule has 1 fully saturated rings. The quantitative estimate of drug-likeness (QED) is 0.575. The zero-order valence-electron chi connectivity index (χ0n) is 17.2. The van der Waals surface area contributed by atoms with Gasteiger partial charge in [0.25, 0.3) is 11.8 Å². The predicted octanol–water partition coefficient (Wildman–Crippen LogP) is 5.29. The van der Waals surface area contributed by atoms with E-state index >= 15 is 0 Å². The summed E-state index contributed by atoms with van der Waals surface area (Å²) in [4.78, 5) is 27.5. The summed E-state index contributed by atoms with van der Waals surface area (Å²) in [7, 11) is 1.87. The lowest BCUT2D eigenvalue weighted by Gasteiger charge is -2.31. The Hall–Kier alpha value is -2.25. The van der Waals surface area contributed by atoms with Crippen LogP contribution in [0.1, 0.15) is 58.4 Å². The average molecular weight is 488 g/mol. The third-order valence-electron chi connectivity index (χ3n) is 5.51. The molecule has 0 bridgehead atoms. The highest BCUT2D eigenvalue weighted by atomic mass is 79.9. The zero-order valence-corrected chi connectivity index (χ0v) is 19.6. The van der Waals surface area contributed by atoms with Gasteiger partial charge in [-0.25, -0.2) is 0 Å². The molecular formula is C23H26BrN3O2S. The molecule has 3 rings (SSSR count). The van der Waals surface area contributed by atoms with Gasteiger partial charge in [-0.1, -0.05) is 53.4 Å². The molecule has 0 saturated heterocycles.